The van der Waals surface area contributed by atoms with Crippen molar-refractivity contribution in [3.05, 3.63) is 57.1 Å². The average molecular weight is 501 g/mol. The van der Waals surface area contributed by atoms with E-state index in [2.05, 4.69) is 9.64 Å². The van der Waals surface area contributed by atoms with Gasteiger partial charge in [-0.2, -0.15) is 0 Å². The largest absolute Gasteiger partial charge is 0.496 e. The maximum absolute atomic E-state index is 11.8. The number of esters is 2. The van der Waals surface area contributed by atoms with Crippen LogP contribution in [0.1, 0.15) is 48.2 Å². The first-order valence-electron chi connectivity index (χ1n) is 11.5. The van der Waals surface area contributed by atoms with E-state index < -0.39 is 10.9 Å². The fraction of sp³-hybridized carbons (Fsp3) is 0.385. The number of nitro benzene ring substituents is 1. The fourth-order valence-corrected chi connectivity index (χ4v) is 3.65. The van der Waals surface area contributed by atoms with Crippen molar-refractivity contribution in [2.45, 2.75) is 26.7 Å². The van der Waals surface area contributed by atoms with E-state index in [1.165, 1.54) is 32.4 Å². The monoisotopic (exact) mass is 500 g/mol. The van der Waals surface area contributed by atoms with Crippen LogP contribution in [-0.4, -0.2) is 57.9 Å². The lowest BCUT2D eigenvalue weighted by Crippen LogP contribution is -2.25. The smallest absolute Gasteiger partial charge is 0.338 e. The Morgan fingerprint density at radius 3 is 2.28 bits per heavy atom. The summed E-state index contributed by atoms with van der Waals surface area (Å²) in [7, 11) is 4.31. The second-order valence-corrected chi connectivity index (χ2v) is 7.61. The number of nitrogens with zero attached hydrogens (tertiary/aromatic N) is 2. The highest BCUT2D eigenvalue weighted by Gasteiger charge is 2.18. The van der Waals surface area contributed by atoms with E-state index in [0.29, 0.717) is 55.2 Å². The molecule has 0 aliphatic heterocycles. The number of benzene rings is 2. The molecule has 0 fully saturated rings. The van der Waals surface area contributed by atoms with E-state index in [1.54, 1.807) is 32.3 Å². The molecule has 0 aliphatic carbocycles. The summed E-state index contributed by atoms with van der Waals surface area (Å²) >= 11 is 0. The maximum atomic E-state index is 11.8. The summed E-state index contributed by atoms with van der Waals surface area (Å²) in [6.07, 6.45) is 4.19. The highest BCUT2D eigenvalue weighted by atomic mass is 16.6. The Morgan fingerprint density at radius 2 is 1.69 bits per heavy atom. The van der Waals surface area contributed by atoms with Gasteiger partial charge in [0.15, 0.2) is 0 Å². The van der Waals surface area contributed by atoms with Gasteiger partial charge in [-0.15, -0.1) is 0 Å². The van der Waals surface area contributed by atoms with E-state index in [-0.39, 0.29) is 17.2 Å². The van der Waals surface area contributed by atoms with Crippen LogP contribution in [0.2, 0.25) is 0 Å². The Balaban J connectivity index is 2.37. The Hall–Kier alpha value is -4.08. The van der Waals surface area contributed by atoms with Crippen LogP contribution in [0, 0.1) is 10.1 Å². The van der Waals surface area contributed by atoms with Crippen LogP contribution in [0.3, 0.4) is 0 Å². The van der Waals surface area contributed by atoms with Gasteiger partial charge in [-0.1, -0.05) is 6.08 Å². The van der Waals surface area contributed by atoms with Crippen LogP contribution in [0.5, 0.6) is 11.5 Å². The minimum atomic E-state index is -0.654. The number of methoxy groups -OCH3 is 3. The van der Waals surface area contributed by atoms with Crippen LogP contribution in [-0.2, 0) is 14.3 Å². The maximum Gasteiger partial charge on any atom is 0.338 e. The minimum absolute atomic E-state index is 0.0903. The van der Waals surface area contributed by atoms with Crippen molar-refractivity contribution in [1.29, 1.82) is 0 Å². The number of hydrogen-bond donors (Lipinski definition) is 0. The van der Waals surface area contributed by atoms with Crippen LogP contribution in [0.25, 0.3) is 12.2 Å². The summed E-state index contributed by atoms with van der Waals surface area (Å²) in [5, 5.41) is 11.6. The summed E-state index contributed by atoms with van der Waals surface area (Å²) in [5.74, 6) is 0.245. The number of carbonyl (C=O) groups excluding carboxylic acids is 2. The first kappa shape index (κ1) is 28.2. The van der Waals surface area contributed by atoms with Gasteiger partial charge in [0.2, 0.25) is 0 Å². The Morgan fingerprint density at radius 1 is 1.00 bits per heavy atom. The Labute approximate surface area is 210 Å². The van der Waals surface area contributed by atoms with Gasteiger partial charge in [0.25, 0.3) is 5.69 Å². The zero-order chi connectivity index (χ0) is 26.7. The molecule has 194 valence electrons. The molecule has 0 saturated carbocycles. The Bertz CT molecular complexity index is 1110. The number of anilines is 1. The fourth-order valence-electron chi connectivity index (χ4n) is 3.65. The minimum Gasteiger partial charge on any atom is -0.496 e. The number of carbonyl (C=O) groups is 2. The van der Waals surface area contributed by atoms with Gasteiger partial charge in [0.05, 0.1) is 49.7 Å². The zero-order valence-corrected chi connectivity index (χ0v) is 21.2. The second-order valence-electron chi connectivity index (χ2n) is 7.61. The molecular weight excluding hydrogens is 468 g/mol. The topological polar surface area (TPSA) is 117 Å². The molecule has 0 unspecified atom stereocenters. The lowest BCUT2D eigenvalue weighted by Gasteiger charge is -2.26. The van der Waals surface area contributed by atoms with Crippen molar-refractivity contribution in [3.63, 3.8) is 0 Å². The number of hydrogen-bond acceptors (Lipinski definition) is 9. The van der Waals surface area contributed by atoms with Crippen LogP contribution < -0.4 is 14.4 Å². The summed E-state index contributed by atoms with van der Waals surface area (Å²) in [6.45, 7) is 5.42. The number of rotatable bonds is 13. The quantitative estimate of drug-likeness (QED) is 0.166. The first-order chi connectivity index (χ1) is 17.3. The Kier molecular flexibility index (Phi) is 10.7. The molecule has 36 heavy (non-hydrogen) atoms. The molecule has 0 atom stereocenters. The summed E-state index contributed by atoms with van der Waals surface area (Å²) in [4.78, 5) is 36.5. The second kappa shape index (κ2) is 13.7. The van der Waals surface area contributed by atoms with E-state index >= 15 is 0 Å². The lowest BCUT2D eigenvalue weighted by atomic mass is 10.1. The van der Waals surface area contributed by atoms with Crippen molar-refractivity contribution in [1.82, 2.24) is 0 Å². The predicted octanol–water partition coefficient (Wildman–Crippen LogP) is 4.74. The van der Waals surface area contributed by atoms with Crippen LogP contribution in [0.4, 0.5) is 11.4 Å². The van der Waals surface area contributed by atoms with Crippen molar-refractivity contribution < 1.29 is 33.5 Å². The van der Waals surface area contributed by atoms with E-state index in [1.807, 2.05) is 13.0 Å². The molecular formula is C26H32N2O8. The molecule has 0 N–H and O–H groups in total. The zero-order valence-electron chi connectivity index (χ0n) is 21.2. The normalized spacial score (nSPS) is 10.7. The van der Waals surface area contributed by atoms with Crippen LogP contribution in [0.15, 0.2) is 30.3 Å². The van der Waals surface area contributed by atoms with Crippen molar-refractivity contribution in [3.8, 4) is 11.5 Å². The molecule has 0 amide bonds. The van der Waals surface area contributed by atoms with Crippen LogP contribution >= 0.6 is 0 Å². The summed E-state index contributed by atoms with van der Waals surface area (Å²) in [5.41, 5.74) is 1.62. The molecule has 0 spiro atoms. The molecule has 0 bridgehead atoms. The van der Waals surface area contributed by atoms with Gasteiger partial charge in [0.1, 0.15) is 11.5 Å². The third-order valence-corrected chi connectivity index (χ3v) is 5.46. The molecule has 0 radical (unpaired) electrons. The first-order valence-corrected chi connectivity index (χ1v) is 11.5. The van der Waals surface area contributed by atoms with Crippen molar-refractivity contribution in [2.24, 2.45) is 0 Å². The molecule has 2 aromatic carbocycles. The third-order valence-electron chi connectivity index (χ3n) is 5.46. The van der Waals surface area contributed by atoms with Gasteiger partial charge in [-0.25, -0.2) is 4.79 Å². The van der Waals surface area contributed by atoms with Gasteiger partial charge in [-0.05, 0) is 44.5 Å². The SMILES string of the molecule is CCOC(=O)CCCN(CC)c1cc(OC)c(C=Cc2ccc(C(=O)OC)cc2[N+](=O)[O-])cc1OC. The molecule has 2 rings (SSSR count). The van der Waals surface area contributed by atoms with E-state index in [0.717, 1.165) is 5.69 Å². The molecule has 2 aromatic rings. The average Bonchev–Trinajstić information content (AvgIpc) is 2.89. The van der Waals surface area contributed by atoms with E-state index in [9.17, 15) is 19.7 Å². The number of nitro groups is 1. The molecule has 10 nitrogen and oxygen atoms in total. The van der Waals surface area contributed by atoms with Crippen molar-refractivity contribution in [2.75, 3.05) is 45.9 Å². The lowest BCUT2D eigenvalue weighted by molar-refractivity contribution is -0.385. The van der Waals surface area contributed by atoms with E-state index in [4.69, 9.17) is 14.2 Å². The molecule has 0 aromatic heterocycles. The van der Waals surface area contributed by atoms with Gasteiger partial charge in [0, 0.05) is 37.2 Å². The molecule has 0 aliphatic rings. The molecule has 0 heterocycles. The molecule has 10 heteroatoms. The van der Waals surface area contributed by atoms with Gasteiger partial charge < -0.3 is 23.8 Å². The standard InChI is InChI=1S/C26H32N2O8/c1-6-27(14-8-9-25(29)36-7-2)22-17-23(33-3)19(16-24(22)34-4)12-10-18-11-13-20(26(30)35-5)15-21(18)28(31)32/h10-13,15-17H,6-9,14H2,1-5H3. The summed E-state index contributed by atoms with van der Waals surface area (Å²) in [6, 6.07) is 7.76. The highest BCUT2D eigenvalue weighted by molar-refractivity contribution is 5.91. The predicted molar refractivity (Wildman–Crippen MR) is 137 cm³/mol. The molecule has 0 saturated heterocycles. The third kappa shape index (κ3) is 7.21. The van der Waals surface area contributed by atoms with Crippen molar-refractivity contribution >= 4 is 35.5 Å². The summed E-state index contributed by atoms with van der Waals surface area (Å²) < 4.78 is 20.8. The highest BCUT2D eigenvalue weighted by Crippen LogP contribution is 2.37. The number of ether oxygens (including phenoxy) is 4. The van der Waals surface area contributed by atoms with Gasteiger partial charge in [-0.3, -0.25) is 14.9 Å². The van der Waals surface area contributed by atoms with Gasteiger partial charge >= 0.3 is 11.9 Å².